The fraction of sp³-hybridized carbons (Fsp3) is 0.857. The highest BCUT2D eigenvalue weighted by Gasteiger charge is 2.48. The summed E-state index contributed by atoms with van der Waals surface area (Å²) in [6, 6.07) is 0. The van der Waals surface area contributed by atoms with Crippen LogP contribution in [0, 0.1) is 17.8 Å². The summed E-state index contributed by atoms with van der Waals surface area (Å²) < 4.78 is 20.6. The maximum Gasteiger partial charge on any atom is 0.303 e. The van der Waals surface area contributed by atoms with Gasteiger partial charge in [0.25, 0.3) is 0 Å². The van der Waals surface area contributed by atoms with Crippen molar-refractivity contribution in [1.29, 1.82) is 0 Å². The Kier molecular flexibility index (Phi) is 9.48. The predicted octanol–water partition coefficient (Wildman–Crippen LogP) is 4.92. The zero-order chi connectivity index (χ0) is 20.0. The molecule has 1 aliphatic carbocycles. The lowest BCUT2D eigenvalue weighted by Gasteiger charge is -2.21. The van der Waals surface area contributed by atoms with Crippen LogP contribution in [0.3, 0.4) is 0 Å². The van der Waals surface area contributed by atoms with Crippen molar-refractivity contribution in [3.63, 3.8) is 0 Å². The van der Waals surface area contributed by atoms with E-state index in [1.807, 2.05) is 13.0 Å². The molecule has 0 aromatic heterocycles. The first-order valence-electron chi connectivity index (χ1n) is 10.3. The van der Waals surface area contributed by atoms with Crippen LogP contribution in [0.5, 0.6) is 0 Å². The van der Waals surface area contributed by atoms with E-state index in [0.717, 1.165) is 32.1 Å². The fourth-order valence-electron chi connectivity index (χ4n) is 4.51. The number of carbonyl (C=O) groups is 1. The van der Waals surface area contributed by atoms with Crippen LogP contribution in [0.15, 0.2) is 12.2 Å². The number of rotatable bonds is 11. The molecule has 6 unspecified atom stereocenters. The number of carboxylic acid groups (broad SMARTS) is 1. The highest BCUT2D eigenvalue weighted by molar-refractivity contribution is 14.1. The van der Waals surface area contributed by atoms with Gasteiger partial charge in [0.05, 0.1) is 12.2 Å². The van der Waals surface area contributed by atoms with Crippen LogP contribution in [0.4, 0.5) is 4.39 Å². The third kappa shape index (κ3) is 6.67. The first-order valence-corrected chi connectivity index (χ1v) is 11.6. The summed E-state index contributed by atoms with van der Waals surface area (Å²) in [4.78, 5) is 10.7. The van der Waals surface area contributed by atoms with Crippen molar-refractivity contribution >= 4 is 28.6 Å². The summed E-state index contributed by atoms with van der Waals surface area (Å²) in [6.45, 7) is 4.23. The van der Waals surface area contributed by atoms with E-state index in [9.17, 15) is 14.3 Å². The Morgan fingerprint density at radius 1 is 1.33 bits per heavy atom. The standard InChI is InChI=1S/C21H34FIO4/c1-3-4-6-16(22)18(24)10-9-14-13(2)11-19-15(14)12-20(27-19)17(23)7-5-8-21(25)26/h9-10,13-20,24H,3-8,11-12H2,1-2H3,(H,25,26)/b10-9+/t13?,14-,15+,16?,17?,18?,19?,20?/m0/s1. The first kappa shape index (κ1) is 23.1. The van der Waals surface area contributed by atoms with Gasteiger partial charge in [-0.1, -0.05) is 61.4 Å². The third-order valence-corrected chi connectivity index (χ3v) is 7.52. The summed E-state index contributed by atoms with van der Waals surface area (Å²) >= 11 is 2.39. The average Bonchev–Trinajstić information content (AvgIpc) is 3.14. The van der Waals surface area contributed by atoms with E-state index in [2.05, 4.69) is 29.5 Å². The number of alkyl halides is 2. The number of fused-ring (bicyclic) bond motifs is 1. The molecule has 0 radical (unpaired) electrons. The molecule has 4 nitrogen and oxygen atoms in total. The van der Waals surface area contributed by atoms with E-state index in [1.54, 1.807) is 6.08 Å². The van der Waals surface area contributed by atoms with Gasteiger partial charge in [-0.15, -0.1) is 0 Å². The number of ether oxygens (including phenoxy) is 1. The van der Waals surface area contributed by atoms with Crippen LogP contribution in [-0.2, 0) is 9.53 Å². The Balaban J connectivity index is 1.86. The van der Waals surface area contributed by atoms with Crippen molar-refractivity contribution in [2.24, 2.45) is 17.8 Å². The van der Waals surface area contributed by atoms with Gasteiger partial charge in [-0.05, 0) is 49.9 Å². The molecule has 156 valence electrons. The molecule has 0 aromatic carbocycles. The number of carboxylic acids is 1. The molecule has 1 aliphatic heterocycles. The van der Waals surface area contributed by atoms with Gasteiger partial charge in [-0.25, -0.2) is 4.39 Å². The van der Waals surface area contributed by atoms with Crippen LogP contribution in [0.1, 0.15) is 65.2 Å². The molecule has 2 fully saturated rings. The van der Waals surface area contributed by atoms with Crippen molar-refractivity contribution in [2.75, 3.05) is 0 Å². The maximum absolute atomic E-state index is 14.0. The molecule has 1 saturated carbocycles. The van der Waals surface area contributed by atoms with Crippen molar-refractivity contribution in [3.05, 3.63) is 12.2 Å². The van der Waals surface area contributed by atoms with Gasteiger partial charge in [0.2, 0.25) is 0 Å². The fourth-order valence-corrected chi connectivity index (χ4v) is 5.42. The molecule has 2 aliphatic rings. The molecule has 0 bridgehead atoms. The monoisotopic (exact) mass is 496 g/mol. The molecule has 1 heterocycles. The minimum absolute atomic E-state index is 0.168. The normalized spacial score (nSPS) is 33.9. The van der Waals surface area contributed by atoms with Crippen LogP contribution in [-0.4, -0.2) is 44.6 Å². The van der Waals surface area contributed by atoms with Gasteiger partial charge in [-0.3, -0.25) is 4.79 Å². The van der Waals surface area contributed by atoms with E-state index in [1.165, 1.54) is 0 Å². The van der Waals surface area contributed by atoms with Crippen molar-refractivity contribution in [3.8, 4) is 0 Å². The number of aliphatic hydroxyl groups is 1. The lowest BCUT2D eigenvalue weighted by atomic mass is 9.86. The van der Waals surface area contributed by atoms with E-state index in [0.29, 0.717) is 34.5 Å². The Hall–Kier alpha value is -0.210. The molecule has 8 atom stereocenters. The number of aliphatic hydroxyl groups excluding tert-OH is 1. The number of hydrogen-bond acceptors (Lipinski definition) is 3. The number of allylic oxidation sites excluding steroid dienone is 1. The van der Waals surface area contributed by atoms with E-state index < -0.39 is 18.2 Å². The van der Waals surface area contributed by atoms with Gasteiger partial charge >= 0.3 is 5.97 Å². The number of hydrogen-bond donors (Lipinski definition) is 2. The second kappa shape index (κ2) is 11.1. The van der Waals surface area contributed by atoms with Crippen molar-refractivity contribution in [2.45, 2.75) is 93.6 Å². The van der Waals surface area contributed by atoms with Crippen LogP contribution in [0.25, 0.3) is 0 Å². The average molecular weight is 496 g/mol. The van der Waals surface area contributed by atoms with E-state index in [-0.39, 0.29) is 18.6 Å². The lowest BCUT2D eigenvalue weighted by molar-refractivity contribution is -0.137. The Labute approximate surface area is 176 Å². The highest BCUT2D eigenvalue weighted by Crippen LogP contribution is 2.48. The Morgan fingerprint density at radius 3 is 2.74 bits per heavy atom. The van der Waals surface area contributed by atoms with E-state index in [4.69, 9.17) is 9.84 Å². The van der Waals surface area contributed by atoms with E-state index >= 15 is 0 Å². The van der Waals surface area contributed by atoms with Gasteiger partial charge in [-0.2, -0.15) is 0 Å². The molecule has 27 heavy (non-hydrogen) atoms. The van der Waals surface area contributed by atoms with Gasteiger partial charge in [0.1, 0.15) is 12.3 Å². The zero-order valence-electron chi connectivity index (χ0n) is 16.4. The topological polar surface area (TPSA) is 66.8 Å². The zero-order valence-corrected chi connectivity index (χ0v) is 18.6. The molecule has 6 heteroatoms. The smallest absolute Gasteiger partial charge is 0.303 e. The molecule has 0 aromatic rings. The minimum Gasteiger partial charge on any atom is -0.481 e. The van der Waals surface area contributed by atoms with Crippen LogP contribution < -0.4 is 0 Å². The molecular formula is C21H34FIO4. The Morgan fingerprint density at radius 2 is 2.07 bits per heavy atom. The van der Waals surface area contributed by atoms with Gasteiger partial charge in [0, 0.05) is 10.3 Å². The van der Waals surface area contributed by atoms with Gasteiger partial charge < -0.3 is 14.9 Å². The largest absolute Gasteiger partial charge is 0.481 e. The van der Waals surface area contributed by atoms with Gasteiger partial charge in [0.15, 0.2) is 0 Å². The summed E-state index contributed by atoms with van der Waals surface area (Å²) in [5.74, 6) is 0.456. The SMILES string of the molecule is CCCCC(F)C(O)/C=C/[C@H]1C(C)CC2OC(C(I)CCCC(=O)O)C[C@@H]21. The minimum atomic E-state index is -1.19. The summed E-state index contributed by atoms with van der Waals surface area (Å²) in [6.07, 6.45) is 7.73. The second-order valence-corrected chi connectivity index (χ2v) is 9.84. The highest BCUT2D eigenvalue weighted by atomic mass is 127. The predicted molar refractivity (Wildman–Crippen MR) is 113 cm³/mol. The summed E-state index contributed by atoms with van der Waals surface area (Å²) in [5.41, 5.74) is 0. The molecule has 0 spiro atoms. The maximum atomic E-state index is 14.0. The Bertz CT molecular complexity index is 501. The molecule has 0 amide bonds. The van der Waals surface area contributed by atoms with Crippen LogP contribution >= 0.6 is 22.6 Å². The molecular weight excluding hydrogens is 462 g/mol. The number of unbranched alkanes of at least 4 members (excludes halogenated alkanes) is 1. The van der Waals surface area contributed by atoms with Crippen molar-refractivity contribution in [1.82, 2.24) is 0 Å². The first-order chi connectivity index (χ1) is 12.8. The molecule has 2 rings (SSSR count). The van der Waals surface area contributed by atoms with Crippen molar-refractivity contribution < 1.29 is 24.1 Å². The summed E-state index contributed by atoms with van der Waals surface area (Å²) in [7, 11) is 0. The quantitative estimate of drug-likeness (QED) is 0.242. The van der Waals surface area contributed by atoms with Crippen LogP contribution in [0.2, 0.25) is 0 Å². The lowest BCUT2D eigenvalue weighted by Crippen LogP contribution is -2.23. The summed E-state index contributed by atoms with van der Waals surface area (Å²) in [5, 5.41) is 18.9. The molecule has 2 N–H and O–H groups in total. The number of halogens is 2. The second-order valence-electron chi connectivity index (χ2n) is 8.24. The molecule has 1 saturated heterocycles. The number of aliphatic carboxylic acids is 1. The third-order valence-electron chi connectivity index (χ3n) is 6.10.